The van der Waals surface area contributed by atoms with Crippen LogP contribution in [0.3, 0.4) is 0 Å². The van der Waals surface area contributed by atoms with Gasteiger partial charge in [-0.1, -0.05) is 12.1 Å². The summed E-state index contributed by atoms with van der Waals surface area (Å²) in [6.45, 7) is 2.77. The van der Waals surface area contributed by atoms with E-state index in [-0.39, 0.29) is 18.0 Å². The molecule has 0 spiro atoms. The van der Waals surface area contributed by atoms with Gasteiger partial charge in [0.2, 0.25) is 5.89 Å². The standard InChI is InChI=1S/C32H33FN6O2/c1-18-11-19(16-38(2)28-5-4-6-29(28)40)12-26-30(18)41-32(36-26)27-14-21(13-25(35-27)20-7-8-20)23-10-9-22(33)15-24(23)31-37-34-17-39(31)3/h9-15,17,20,28-29,40H,4-8,16H2,1-3H3/t28-,29+/m1/s1. The van der Waals surface area contributed by atoms with Crippen LogP contribution in [0.15, 0.2) is 53.2 Å². The highest BCUT2D eigenvalue weighted by Gasteiger charge is 2.29. The molecular weight excluding hydrogens is 519 g/mol. The highest BCUT2D eigenvalue weighted by molar-refractivity contribution is 5.84. The molecule has 2 aliphatic carbocycles. The van der Waals surface area contributed by atoms with Gasteiger partial charge in [-0.05, 0) is 98.7 Å². The second kappa shape index (κ2) is 10.2. The zero-order valence-corrected chi connectivity index (χ0v) is 23.5. The van der Waals surface area contributed by atoms with E-state index in [2.05, 4.69) is 40.3 Å². The van der Waals surface area contributed by atoms with Crippen LogP contribution in [0.4, 0.5) is 4.39 Å². The van der Waals surface area contributed by atoms with Crippen molar-refractivity contribution in [3.8, 4) is 34.1 Å². The normalized spacial score (nSPS) is 19.1. The van der Waals surface area contributed by atoms with Crippen LogP contribution in [0.2, 0.25) is 0 Å². The van der Waals surface area contributed by atoms with Gasteiger partial charge in [-0.3, -0.25) is 4.90 Å². The minimum atomic E-state index is -0.332. The lowest BCUT2D eigenvalue weighted by Crippen LogP contribution is -2.36. The minimum Gasteiger partial charge on any atom is -0.434 e. The molecule has 5 aromatic rings. The van der Waals surface area contributed by atoms with Gasteiger partial charge in [-0.25, -0.2) is 14.4 Å². The number of rotatable bonds is 7. The third kappa shape index (κ3) is 4.93. The topological polar surface area (TPSA) is 93.1 Å². The molecule has 0 aliphatic heterocycles. The van der Waals surface area contributed by atoms with Crippen molar-refractivity contribution in [2.24, 2.45) is 7.05 Å². The quantitative estimate of drug-likeness (QED) is 0.264. The summed E-state index contributed by atoms with van der Waals surface area (Å²) in [4.78, 5) is 12.1. The van der Waals surface area contributed by atoms with E-state index in [9.17, 15) is 9.50 Å². The fourth-order valence-corrected chi connectivity index (χ4v) is 6.20. The summed E-state index contributed by atoms with van der Waals surface area (Å²) in [5.41, 5.74) is 7.74. The first-order valence-corrected chi connectivity index (χ1v) is 14.3. The van der Waals surface area contributed by atoms with Crippen molar-refractivity contribution in [3.63, 3.8) is 0 Å². The minimum absolute atomic E-state index is 0.185. The van der Waals surface area contributed by atoms with Gasteiger partial charge in [-0.2, -0.15) is 0 Å². The predicted molar refractivity (Wildman–Crippen MR) is 154 cm³/mol. The van der Waals surface area contributed by atoms with Crippen molar-refractivity contribution in [2.75, 3.05) is 7.05 Å². The fourth-order valence-electron chi connectivity index (χ4n) is 6.20. The summed E-state index contributed by atoms with van der Waals surface area (Å²) in [5, 5.41) is 18.6. The SMILES string of the molecule is Cc1cc(CN(C)[C@@H]2CCC[C@@H]2O)cc2nc(-c3cc(-c4ccc(F)cc4-c4nncn4C)cc(C4CC4)n3)oc12. The Morgan fingerprint density at radius 1 is 1.05 bits per heavy atom. The number of oxazole rings is 1. The highest BCUT2D eigenvalue weighted by atomic mass is 19.1. The Kier molecular flexibility index (Phi) is 6.43. The number of aromatic nitrogens is 5. The molecule has 210 valence electrons. The van der Waals surface area contributed by atoms with E-state index in [0.29, 0.717) is 28.9 Å². The Morgan fingerprint density at radius 2 is 1.90 bits per heavy atom. The maximum absolute atomic E-state index is 14.4. The number of hydrogen-bond donors (Lipinski definition) is 1. The maximum Gasteiger partial charge on any atom is 0.246 e. The number of halogens is 1. The Hall–Kier alpha value is -3.95. The van der Waals surface area contributed by atoms with Crippen molar-refractivity contribution in [2.45, 2.75) is 63.6 Å². The van der Waals surface area contributed by atoms with E-state index in [1.165, 1.54) is 12.1 Å². The molecule has 2 saturated carbocycles. The Morgan fingerprint density at radius 3 is 2.63 bits per heavy atom. The molecule has 3 heterocycles. The molecule has 9 heteroatoms. The highest BCUT2D eigenvalue weighted by Crippen LogP contribution is 2.43. The van der Waals surface area contributed by atoms with E-state index in [4.69, 9.17) is 14.4 Å². The van der Waals surface area contributed by atoms with Gasteiger partial charge in [0.05, 0.1) is 6.10 Å². The van der Waals surface area contributed by atoms with Gasteiger partial charge in [-0.15, -0.1) is 10.2 Å². The first kappa shape index (κ1) is 26.0. The van der Waals surface area contributed by atoms with Crippen molar-refractivity contribution < 1.29 is 13.9 Å². The van der Waals surface area contributed by atoms with E-state index < -0.39 is 0 Å². The van der Waals surface area contributed by atoms with Crippen molar-refractivity contribution >= 4 is 11.1 Å². The van der Waals surface area contributed by atoms with Crippen LogP contribution in [0.25, 0.3) is 45.2 Å². The number of hydrogen-bond acceptors (Lipinski definition) is 7. The van der Waals surface area contributed by atoms with Crippen LogP contribution < -0.4 is 0 Å². The van der Waals surface area contributed by atoms with Crippen LogP contribution in [0.5, 0.6) is 0 Å². The lowest BCUT2D eigenvalue weighted by Gasteiger charge is -2.27. The summed E-state index contributed by atoms with van der Waals surface area (Å²) in [7, 11) is 3.92. The van der Waals surface area contributed by atoms with E-state index in [0.717, 1.165) is 77.7 Å². The monoisotopic (exact) mass is 552 g/mol. The van der Waals surface area contributed by atoms with Crippen LogP contribution in [0, 0.1) is 12.7 Å². The average Bonchev–Trinajstić information content (AvgIpc) is 3.33. The first-order valence-electron chi connectivity index (χ1n) is 14.3. The van der Waals surface area contributed by atoms with Crippen LogP contribution in [-0.4, -0.2) is 53.9 Å². The molecule has 2 aromatic carbocycles. The summed E-state index contributed by atoms with van der Waals surface area (Å²) >= 11 is 0. The van der Waals surface area contributed by atoms with Crippen LogP contribution in [0.1, 0.15) is 54.8 Å². The van der Waals surface area contributed by atoms with Crippen LogP contribution in [-0.2, 0) is 13.6 Å². The van der Waals surface area contributed by atoms with Gasteiger partial charge in [0, 0.05) is 36.8 Å². The van der Waals surface area contributed by atoms with Gasteiger partial charge in [0.25, 0.3) is 0 Å². The maximum atomic E-state index is 14.4. The fraction of sp³-hybridized carbons (Fsp3) is 0.375. The van der Waals surface area contributed by atoms with E-state index in [1.807, 2.05) is 20.0 Å². The zero-order valence-electron chi connectivity index (χ0n) is 23.5. The number of nitrogens with zero attached hydrogens (tertiary/aromatic N) is 6. The number of likely N-dealkylation sites (N-methyl/N-ethyl adjacent to an activating group) is 1. The predicted octanol–water partition coefficient (Wildman–Crippen LogP) is 6.02. The van der Waals surface area contributed by atoms with E-state index >= 15 is 0 Å². The summed E-state index contributed by atoms with van der Waals surface area (Å²) in [5.74, 6) is 1.12. The molecule has 1 N–H and O–H groups in total. The number of pyridine rings is 1. The van der Waals surface area contributed by atoms with Gasteiger partial charge in [0.1, 0.15) is 23.4 Å². The van der Waals surface area contributed by atoms with Gasteiger partial charge >= 0.3 is 0 Å². The van der Waals surface area contributed by atoms with Crippen molar-refractivity contribution in [1.82, 2.24) is 29.6 Å². The third-order valence-corrected chi connectivity index (χ3v) is 8.48. The molecule has 8 nitrogen and oxygen atoms in total. The Bertz CT molecular complexity index is 1760. The molecule has 3 aromatic heterocycles. The van der Waals surface area contributed by atoms with Crippen LogP contribution >= 0.6 is 0 Å². The molecule has 41 heavy (non-hydrogen) atoms. The summed E-state index contributed by atoms with van der Waals surface area (Å²) < 4.78 is 22.5. The number of aryl methyl sites for hydroxylation is 2. The second-order valence-electron chi connectivity index (χ2n) is 11.7. The Balaban J connectivity index is 1.29. The Labute approximate surface area is 237 Å². The largest absolute Gasteiger partial charge is 0.434 e. The smallest absolute Gasteiger partial charge is 0.246 e. The molecule has 2 aliphatic rings. The molecule has 2 fully saturated rings. The van der Waals surface area contributed by atoms with Gasteiger partial charge in [0.15, 0.2) is 11.4 Å². The molecular formula is C32H33FN6O2. The molecule has 0 saturated heterocycles. The number of aliphatic hydroxyl groups is 1. The first-order chi connectivity index (χ1) is 19.8. The van der Waals surface area contributed by atoms with Crippen molar-refractivity contribution in [3.05, 3.63) is 71.4 Å². The molecule has 0 radical (unpaired) electrons. The molecule has 7 rings (SSSR count). The van der Waals surface area contributed by atoms with Gasteiger partial charge < -0.3 is 14.1 Å². The average molecular weight is 553 g/mol. The van der Waals surface area contributed by atoms with Crippen molar-refractivity contribution in [1.29, 1.82) is 0 Å². The molecule has 0 unspecified atom stereocenters. The lowest BCUT2D eigenvalue weighted by molar-refractivity contribution is 0.0825. The third-order valence-electron chi connectivity index (χ3n) is 8.48. The van der Waals surface area contributed by atoms with E-state index in [1.54, 1.807) is 17.0 Å². The molecule has 2 atom stereocenters. The summed E-state index contributed by atoms with van der Waals surface area (Å²) in [6.07, 6.45) is 6.48. The number of aliphatic hydroxyl groups excluding tert-OH is 1. The lowest BCUT2D eigenvalue weighted by atomic mass is 9.97. The zero-order chi connectivity index (χ0) is 28.2. The number of fused-ring (bicyclic) bond motifs is 1. The molecule has 0 bridgehead atoms. The second-order valence-corrected chi connectivity index (χ2v) is 11.7. The molecule has 0 amide bonds. The number of benzene rings is 2. The summed E-state index contributed by atoms with van der Waals surface area (Å²) in [6, 6.07) is 13.2.